The molecule has 0 bridgehead atoms. The molecule has 24 heavy (non-hydrogen) atoms. The highest BCUT2D eigenvalue weighted by molar-refractivity contribution is 9.10. The Labute approximate surface area is 156 Å². The molecule has 2 aliphatic heterocycles. The molecular weight excluding hydrogens is 394 g/mol. The van der Waals surface area contributed by atoms with Crippen LogP contribution < -0.4 is 0 Å². The highest BCUT2D eigenvalue weighted by atomic mass is 79.9. The summed E-state index contributed by atoms with van der Waals surface area (Å²) in [6.07, 6.45) is 4.95. The molecule has 2 fully saturated rings. The fourth-order valence-electron chi connectivity index (χ4n) is 3.36. The minimum Gasteiger partial charge on any atom is -0.379 e. The minimum absolute atomic E-state index is 0.0135. The van der Waals surface area contributed by atoms with Crippen molar-refractivity contribution in [2.75, 3.05) is 45.9 Å². The van der Waals surface area contributed by atoms with Gasteiger partial charge in [-0.15, -0.1) is 0 Å². The van der Waals surface area contributed by atoms with Crippen molar-refractivity contribution in [2.45, 2.75) is 19.3 Å². The average Bonchev–Trinajstić information content (AvgIpc) is 2.63. The first-order valence-electron chi connectivity index (χ1n) is 8.54. The zero-order chi connectivity index (χ0) is 16.9. The number of likely N-dealkylation sites (tertiary alicyclic amines) is 1. The first kappa shape index (κ1) is 18.1. The number of ether oxygens (including phenoxy) is 1. The standard InChI is InChI=1S/C17H23BrClN3O2/c18-14-11-15(16(19)20-12-14)17(23)22-5-2-13(3-6-22)1-4-21-7-9-24-10-8-21/h11-13H,1-10H2. The van der Waals surface area contributed by atoms with Gasteiger partial charge in [-0.1, -0.05) is 11.6 Å². The van der Waals surface area contributed by atoms with E-state index in [4.69, 9.17) is 16.3 Å². The average molecular weight is 417 g/mol. The van der Waals surface area contributed by atoms with E-state index in [1.54, 1.807) is 12.3 Å². The van der Waals surface area contributed by atoms with Crippen LogP contribution in [0, 0.1) is 5.92 Å². The van der Waals surface area contributed by atoms with Crippen molar-refractivity contribution in [1.29, 1.82) is 0 Å². The number of amides is 1. The van der Waals surface area contributed by atoms with Crippen LogP contribution in [-0.4, -0.2) is 66.6 Å². The lowest BCUT2D eigenvalue weighted by Crippen LogP contribution is -2.41. The quantitative estimate of drug-likeness (QED) is 0.708. The Morgan fingerprint density at radius 1 is 1.29 bits per heavy atom. The van der Waals surface area contributed by atoms with Crippen molar-refractivity contribution < 1.29 is 9.53 Å². The SMILES string of the molecule is O=C(c1cc(Br)cnc1Cl)N1CCC(CCN2CCOCC2)CC1. The van der Waals surface area contributed by atoms with Gasteiger partial charge >= 0.3 is 0 Å². The fraction of sp³-hybridized carbons (Fsp3) is 0.647. The molecule has 1 aromatic rings. The number of carbonyl (C=O) groups excluding carboxylic acids is 1. The van der Waals surface area contributed by atoms with E-state index in [1.807, 2.05) is 4.90 Å². The van der Waals surface area contributed by atoms with Crippen molar-refractivity contribution in [3.63, 3.8) is 0 Å². The maximum Gasteiger partial charge on any atom is 0.257 e. The predicted molar refractivity (Wildman–Crippen MR) is 97.5 cm³/mol. The summed E-state index contributed by atoms with van der Waals surface area (Å²) in [6.45, 7) is 6.55. The molecule has 7 heteroatoms. The zero-order valence-electron chi connectivity index (χ0n) is 13.7. The second-order valence-electron chi connectivity index (χ2n) is 6.47. The number of piperidine rings is 1. The second kappa shape index (κ2) is 8.61. The molecule has 0 unspecified atom stereocenters. The Bertz CT molecular complexity index is 573. The summed E-state index contributed by atoms with van der Waals surface area (Å²) < 4.78 is 6.16. The number of carbonyl (C=O) groups is 1. The lowest BCUT2D eigenvalue weighted by atomic mass is 9.93. The molecule has 1 aromatic heterocycles. The summed E-state index contributed by atoms with van der Waals surface area (Å²) >= 11 is 9.43. The molecule has 0 radical (unpaired) electrons. The van der Waals surface area contributed by atoms with E-state index in [0.29, 0.717) is 11.5 Å². The van der Waals surface area contributed by atoms with Crippen LogP contribution in [0.2, 0.25) is 5.15 Å². The van der Waals surface area contributed by atoms with Crippen molar-refractivity contribution in [3.8, 4) is 0 Å². The van der Waals surface area contributed by atoms with E-state index in [2.05, 4.69) is 25.8 Å². The van der Waals surface area contributed by atoms with Gasteiger partial charge in [0.05, 0.1) is 18.8 Å². The normalized spacial score (nSPS) is 20.3. The van der Waals surface area contributed by atoms with Gasteiger partial charge in [0.1, 0.15) is 5.15 Å². The maximum atomic E-state index is 12.6. The number of nitrogens with zero attached hydrogens (tertiary/aromatic N) is 3. The largest absolute Gasteiger partial charge is 0.379 e. The van der Waals surface area contributed by atoms with Gasteiger partial charge in [-0.25, -0.2) is 4.98 Å². The number of hydrogen-bond donors (Lipinski definition) is 0. The molecule has 3 rings (SSSR count). The lowest BCUT2D eigenvalue weighted by molar-refractivity contribution is 0.0332. The molecule has 2 aliphatic rings. The summed E-state index contributed by atoms with van der Waals surface area (Å²) in [5, 5.41) is 0.276. The monoisotopic (exact) mass is 415 g/mol. The second-order valence-corrected chi connectivity index (χ2v) is 7.74. The van der Waals surface area contributed by atoms with Crippen LogP contribution in [0.15, 0.2) is 16.7 Å². The third-order valence-corrected chi connectivity index (χ3v) is 5.63. The molecule has 0 aromatic carbocycles. The maximum absolute atomic E-state index is 12.6. The first-order valence-corrected chi connectivity index (χ1v) is 9.71. The molecule has 132 valence electrons. The van der Waals surface area contributed by atoms with E-state index >= 15 is 0 Å². The zero-order valence-corrected chi connectivity index (χ0v) is 16.1. The van der Waals surface area contributed by atoms with Crippen LogP contribution in [0.25, 0.3) is 0 Å². The number of aromatic nitrogens is 1. The molecule has 0 atom stereocenters. The topological polar surface area (TPSA) is 45.7 Å². The van der Waals surface area contributed by atoms with E-state index in [9.17, 15) is 4.79 Å². The molecule has 2 saturated heterocycles. The van der Waals surface area contributed by atoms with Gasteiger partial charge in [-0.05, 0) is 53.7 Å². The van der Waals surface area contributed by atoms with Crippen LogP contribution in [0.4, 0.5) is 0 Å². The minimum atomic E-state index is -0.0135. The number of rotatable bonds is 4. The van der Waals surface area contributed by atoms with E-state index in [-0.39, 0.29) is 11.1 Å². The van der Waals surface area contributed by atoms with E-state index in [0.717, 1.165) is 63.3 Å². The van der Waals surface area contributed by atoms with E-state index in [1.165, 1.54) is 6.42 Å². The van der Waals surface area contributed by atoms with Gasteiger partial charge in [-0.2, -0.15) is 0 Å². The summed E-state index contributed by atoms with van der Waals surface area (Å²) in [7, 11) is 0. The molecule has 1 amide bonds. The third kappa shape index (κ3) is 4.69. The summed E-state index contributed by atoms with van der Waals surface area (Å²) in [6, 6.07) is 1.75. The fourth-order valence-corrected chi connectivity index (χ4v) is 3.87. The van der Waals surface area contributed by atoms with Crippen LogP contribution in [0.1, 0.15) is 29.6 Å². The summed E-state index contributed by atoms with van der Waals surface area (Å²) in [5.74, 6) is 0.688. The number of morpholine rings is 1. The van der Waals surface area contributed by atoms with Crippen LogP contribution in [0.3, 0.4) is 0 Å². The van der Waals surface area contributed by atoms with Crippen molar-refractivity contribution >= 4 is 33.4 Å². The highest BCUT2D eigenvalue weighted by Crippen LogP contribution is 2.25. The van der Waals surface area contributed by atoms with Crippen LogP contribution >= 0.6 is 27.5 Å². The Morgan fingerprint density at radius 3 is 2.71 bits per heavy atom. The van der Waals surface area contributed by atoms with E-state index < -0.39 is 0 Å². The molecule has 5 nitrogen and oxygen atoms in total. The van der Waals surface area contributed by atoms with Crippen LogP contribution in [-0.2, 0) is 4.74 Å². The number of pyridine rings is 1. The van der Waals surface area contributed by atoms with Gasteiger partial charge in [0, 0.05) is 36.8 Å². The Balaban J connectivity index is 1.47. The molecule has 0 aliphatic carbocycles. The van der Waals surface area contributed by atoms with Crippen molar-refractivity contribution in [2.24, 2.45) is 5.92 Å². The van der Waals surface area contributed by atoms with Crippen molar-refractivity contribution in [3.05, 3.63) is 27.5 Å². The van der Waals surface area contributed by atoms with Crippen LogP contribution in [0.5, 0.6) is 0 Å². The highest BCUT2D eigenvalue weighted by Gasteiger charge is 2.25. The number of hydrogen-bond acceptors (Lipinski definition) is 4. The summed E-state index contributed by atoms with van der Waals surface area (Å²) in [4.78, 5) is 21.1. The Kier molecular flexibility index (Phi) is 6.49. The molecule has 0 saturated carbocycles. The van der Waals surface area contributed by atoms with Crippen molar-refractivity contribution in [1.82, 2.24) is 14.8 Å². The van der Waals surface area contributed by atoms with Gasteiger partial charge in [0.15, 0.2) is 0 Å². The first-order chi connectivity index (χ1) is 11.6. The summed E-state index contributed by atoms with van der Waals surface area (Å²) in [5.41, 5.74) is 0.484. The number of halogens is 2. The molecule has 3 heterocycles. The molecule has 0 N–H and O–H groups in total. The Morgan fingerprint density at radius 2 is 2.00 bits per heavy atom. The molecular formula is C17H23BrClN3O2. The van der Waals surface area contributed by atoms with Gasteiger partial charge in [-0.3, -0.25) is 9.69 Å². The lowest BCUT2D eigenvalue weighted by Gasteiger charge is -2.34. The third-order valence-electron chi connectivity index (χ3n) is 4.90. The molecule has 0 spiro atoms. The Hall–Kier alpha value is -0.690. The van der Waals surface area contributed by atoms with Gasteiger partial charge < -0.3 is 9.64 Å². The van der Waals surface area contributed by atoms with Gasteiger partial charge in [0.25, 0.3) is 5.91 Å². The smallest absolute Gasteiger partial charge is 0.257 e. The predicted octanol–water partition coefficient (Wildman–Crippen LogP) is 3.07. The van der Waals surface area contributed by atoms with Gasteiger partial charge in [0.2, 0.25) is 0 Å².